The van der Waals surface area contributed by atoms with E-state index in [0.717, 1.165) is 11.3 Å². The third kappa shape index (κ3) is 3.91. The van der Waals surface area contributed by atoms with Crippen LogP contribution in [0.1, 0.15) is 16.6 Å². The van der Waals surface area contributed by atoms with E-state index >= 15 is 0 Å². The molecule has 1 aromatic heterocycles. The molecule has 0 amide bonds. The van der Waals surface area contributed by atoms with Crippen LogP contribution in [0, 0.1) is 5.92 Å². The fourth-order valence-corrected chi connectivity index (χ4v) is 4.71. The van der Waals surface area contributed by atoms with Gasteiger partial charge in [-0.05, 0) is 29.5 Å². The second-order valence-corrected chi connectivity index (χ2v) is 8.32. The van der Waals surface area contributed by atoms with Crippen molar-refractivity contribution in [2.45, 2.75) is 11.8 Å². The summed E-state index contributed by atoms with van der Waals surface area (Å²) in [5, 5.41) is 1.67. The maximum absolute atomic E-state index is 13.1. The molecule has 0 radical (unpaired) electrons. The number of rotatable bonds is 7. The van der Waals surface area contributed by atoms with Crippen molar-refractivity contribution >= 4 is 44.6 Å². The van der Waals surface area contributed by atoms with Gasteiger partial charge in [-0.3, -0.25) is 4.31 Å². The van der Waals surface area contributed by atoms with Gasteiger partial charge >= 0.3 is 5.97 Å². The largest absolute Gasteiger partial charge is 0.465 e. The zero-order chi connectivity index (χ0) is 17.7. The summed E-state index contributed by atoms with van der Waals surface area (Å²) in [6, 6.07) is 9.72. The molecule has 2 rings (SSSR count). The quantitative estimate of drug-likeness (QED) is 0.537. The number of methoxy groups -OCH3 is 1. The molecule has 24 heavy (non-hydrogen) atoms. The number of thiophene rings is 1. The number of sulfonamides is 1. The highest BCUT2D eigenvalue weighted by Gasteiger charge is 2.30. The van der Waals surface area contributed by atoms with E-state index in [1.165, 1.54) is 23.5 Å². The number of carbonyl (C=O) groups is 1. The van der Waals surface area contributed by atoms with Gasteiger partial charge in [0.2, 0.25) is 0 Å². The predicted molar refractivity (Wildman–Crippen MR) is 96.5 cm³/mol. The maximum Gasteiger partial charge on any atom is 0.350 e. The van der Waals surface area contributed by atoms with Gasteiger partial charge in [0.15, 0.2) is 0 Å². The summed E-state index contributed by atoms with van der Waals surface area (Å²) in [5.41, 5.74) is 0.313. The molecule has 1 aromatic carbocycles. The van der Waals surface area contributed by atoms with Gasteiger partial charge in [0, 0.05) is 12.4 Å². The first-order valence-corrected chi connectivity index (χ1v) is 10.1. The molecule has 0 saturated carbocycles. The zero-order valence-electron chi connectivity index (χ0n) is 13.3. The normalized spacial score (nSPS) is 12.6. The van der Waals surface area contributed by atoms with Crippen molar-refractivity contribution in [3.63, 3.8) is 0 Å². The fraction of sp³-hybridized carbons (Fsp3) is 0.312. The molecule has 0 aliphatic heterocycles. The van der Waals surface area contributed by atoms with Gasteiger partial charge < -0.3 is 4.74 Å². The lowest BCUT2D eigenvalue weighted by atomic mass is 10.2. The maximum atomic E-state index is 13.1. The summed E-state index contributed by atoms with van der Waals surface area (Å²) in [6.07, 6.45) is 0. The van der Waals surface area contributed by atoms with Crippen molar-refractivity contribution in [3.05, 3.63) is 46.7 Å². The van der Waals surface area contributed by atoms with Crippen LogP contribution in [0.3, 0.4) is 0 Å². The summed E-state index contributed by atoms with van der Waals surface area (Å²) in [5.74, 6) is -0.347. The van der Waals surface area contributed by atoms with Crippen molar-refractivity contribution in [2.75, 3.05) is 23.8 Å². The predicted octanol–water partition coefficient (Wildman–Crippen LogP) is 3.60. The van der Waals surface area contributed by atoms with Gasteiger partial charge in [0.25, 0.3) is 10.0 Å². The fourth-order valence-electron chi connectivity index (χ4n) is 2.12. The minimum atomic E-state index is -3.82. The SMILES string of the molecule is COC(=O)c1sccc1N(CC(C)CCl)S(=O)(=O)c1ccccc1. The highest BCUT2D eigenvalue weighted by atomic mass is 35.5. The Kier molecular flexibility index (Phi) is 6.26. The van der Waals surface area contributed by atoms with E-state index in [4.69, 9.17) is 16.3 Å². The Balaban J connectivity index is 2.54. The van der Waals surface area contributed by atoms with E-state index in [9.17, 15) is 13.2 Å². The molecule has 0 N–H and O–H groups in total. The molecule has 0 saturated heterocycles. The number of nitrogens with zero attached hydrogens (tertiary/aromatic N) is 1. The van der Waals surface area contributed by atoms with E-state index < -0.39 is 16.0 Å². The van der Waals surface area contributed by atoms with Crippen LogP contribution in [0.5, 0.6) is 0 Å². The van der Waals surface area contributed by atoms with E-state index in [0.29, 0.717) is 11.6 Å². The average molecular weight is 388 g/mol. The Morgan fingerprint density at radius 2 is 1.96 bits per heavy atom. The summed E-state index contributed by atoms with van der Waals surface area (Å²) in [6.45, 7) is 2.02. The third-order valence-corrected chi connectivity index (χ3v) is 6.56. The number of halogens is 1. The molecule has 130 valence electrons. The molecule has 0 spiro atoms. The number of benzene rings is 1. The highest BCUT2D eigenvalue weighted by Crippen LogP contribution is 2.32. The second-order valence-electron chi connectivity index (χ2n) is 5.24. The lowest BCUT2D eigenvalue weighted by Crippen LogP contribution is -2.36. The average Bonchev–Trinajstić information content (AvgIpc) is 3.08. The molecule has 0 aliphatic rings. The van der Waals surface area contributed by atoms with Crippen molar-refractivity contribution in [1.29, 1.82) is 0 Å². The first-order valence-electron chi connectivity index (χ1n) is 7.21. The topological polar surface area (TPSA) is 63.7 Å². The first kappa shape index (κ1) is 18.8. The molecule has 2 aromatic rings. The van der Waals surface area contributed by atoms with Gasteiger partial charge in [0.1, 0.15) is 4.88 Å². The van der Waals surface area contributed by atoms with Crippen LogP contribution in [-0.4, -0.2) is 33.9 Å². The Labute approximate surface area is 150 Å². The Hall–Kier alpha value is -1.57. The molecule has 0 fully saturated rings. The van der Waals surface area contributed by atoms with Crippen molar-refractivity contribution in [2.24, 2.45) is 5.92 Å². The van der Waals surface area contributed by atoms with Gasteiger partial charge in [-0.25, -0.2) is 13.2 Å². The molecule has 0 bridgehead atoms. The minimum Gasteiger partial charge on any atom is -0.465 e. The van der Waals surface area contributed by atoms with Gasteiger partial charge in [-0.2, -0.15) is 0 Å². The standard InChI is InChI=1S/C16H18ClNO4S2/c1-12(10-17)11-18(14-8-9-23-15(14)16(19)22-2)24(20,21)13-6-4-3-5-7-13/h3-9,12H,10-11H2,1-2H3. The Morgan fingerprint density at radius 1 is 1.29 bits per heavy atom. The van der Waals surface area contributed by atoms with Crippen LogP contribution in [0.4, 0.5) is 5.69 Å². The number of alkyl halides is 1. The van der Waals surface area contributed by atoms with E-state index in [1.54, 1.807) is 29.6 Å². The monoisotopic (exact) mass is 387 g/mol. The molecule has 1 atom stereocenters. The van der Waals surface area contributed by atoms with Crippen molar-refractivity contribution in [3.8, 4) is 0 Å². The lowest BCUT2D eigenvalue weighted by molar-refractivity contribution is 0.0607. The highest BCUT2D eigenvalue weighted by molar-refractivity contribution is 7.92. The van der Waals surface area contributed by atoms with Crippen LogP contribution in [-0.2, 0) is 14.8 Å². The molecular formula is C16H18ClNO4S2. The number of carbonyl (C=O) groups excluding carboxylic acids is 1. The number of anilines is 1. The van der Waals surface area contributed by atoms with Crippen LogP contribution in [0.2, 0.25) is 0 Å². The smallest absolute Gasteiger partial charge is 0.350 e. The molecule has 1 unspecified atom stereocenters. The van der Waals surface area contributed by atoms with Crippen LogP contribution >= 0.6 is 22.9 Å². The summed E-state index contributed by atoms with van der Waals surface area (Å²) in [7, 11) is -2.55. The van der Waals surface area contributed by atoms with Gasteiger partial charge in [0.05, 0.1) is 17.7 Å². The van der Waals surface area contributed by atoms with E-state index in [2.05, 4.69) is 0 Å². The number of esters is 1. The van der Waals surface area contributed by atoms with Crippen molar-refractivity contribution in [1.82, 2.24) is 0 Å². The number of hydrogen-bond donors (Lipinski definition) is 0. The van der Waals surface area contributed by atoms with Crippen molar-refractivity contribution < 1.29 is 17.9 Å². The summed E-state index contributed by atoms with van der Waals surface area (Å²) in [4.78, 5) is 12.4. The van der Waals surface area contributed by atoms with Crippen LogP contribution in [0.25, 0.3) is 0 Å². The molecule has 1 heterocycles. The third-order valence-electron chi connectivity index (χ3n) is 3.36. The summed E-state index contributed by atoms with van der Waals surface area (Å²) >= 11 is 7.02. The number of hydrogen-bond acceptors (Lipinski definition) is 5. The van der Waals surface area contributed by atoms with E-state index in [1.807, 2.05) is 6.92 Å². The molecule has 8 heteroatoms. The Morgan fingerprint density at radius 3 is 2.54 bits per heavy atom. The first-order chi connectivity index (χ1) is 11.4. The van der Waals surface area contributed by atoms with Crippen LogP contribution in [0.15, 0.2) is 46.7 Å². The minimum absolute atomic E-state index is 0.0875. The lowest BCUT2D eigenvalue weighted by Gasteiger charge is -2.26. The van der Waals surface area contributed by atoms with E-state index in [-0.39, 0.29) is 22.2 Å². The zero-order valence-corrected chi connectivity index (χ0v) is 15.7. The molecular weight excluding hydrogens is 370 g/mol. The summed E-state index contributed by atoms with van der Waals surface area (Å²) < 4.78 is 32.2. The Bertz CT molecular complexity index is 789. The van der Waals surface area contributed by atoms with Gasteiger partial charge in [-0.1, -0.05) is 25.1 Å². The van der Waals surface area contributed by atoms with Crippen LogP contribution < -0.4 is 4.31 Å². The number of ether oxygens (including phenoxy) is 1. The van der Waals surface area contributed by atoms with Gasteiger partial charge in [-0.15, -0.1) is 22.9 Å². The second kappa shape index (κ2) is 8.00. The molecule has 0 aliphatic carbocycles. The molecule has 5 nitrogen and oxygen atoms in total.